The number of aromatic nitrogens is 1. The maximum Gasteiger partial charge on any atom is 0.251 e. The SMILES string of the molecule is CCCNc1cc(C(=O)NCC2CCCCO2)ccn1. The topological polar surface area (TPSA) is 63.2 Å². The van der Waals surface area contributed by atoms with E-state index in [0.717, 1.165) is 38.2 Å². The number of hydrogen-bond acceptors (Lipinski definition) is 4. The van der Waals surface area contributed by atoms with Crippen LogP contribution in [0.5, 0.6) is 0 Å². The number of carbonyl (C=O) groups is 1. The van der Waals surface area contributed by atoms with Gasteiger partial charge in [0.25, 0.3) is 5.91 Å². The fourth-order valence-corrected chi connectivity index (χ4v) is 2.20. The minimum Gasteiger partial charge on any atom is -0.376 e. The lowest BCUT2D eigenvalue weighted by Gasteiger charge is -2.22. The summed E-state index contributed by atoms with van der Waals surface area (Å²) in [6, 6.07) is 3.51. The van der Waals surface area contributed by atoms with Crippen molar-refractivity contribution in [2.45, 2.75) is 38.7 Å². The highest BCUT2D eigenvalue weighted by molar-refractivity contribution is 5.94. The molecule has 1 fully saturated rings. The minimum absolute atomic E-state index is 0.0684. The smallest absolute Gasteiger partial charge is 0.251 e. The second kappa shape index (κ2) is 7.85. The zero-order valence-corrected chi connectivity index (χ0v) is 12.0. The Hall–Kier alpha value is -1.62. The van der Waals surface area contributed by atoms with Crippen molar-refractivity contribution < 1.29 is 9.53 Å². The summed E-state index contributed by atoms with van der Waals surface area (Å²) in [5.41, 5.74) is 0.634. The van der Waals surface area contributed by atoms with Crippen LogP contribution in [-0.4, -0.2) is 36.7 Å². The van der Waals surface area contributed by atoms with Crippen LogP contribution in [0.2, 0.25) is 0 Å². The summed E-state index contributed by atoms with van der Waals surface area (Å²) in [7, 11) is 0. The number of anilines is 1. The van der Waals surface area contributed by atoms with Crippen LogP contribution in [0.3, 0.4) is 0 Å². The van der Waals surface area contributed by atoms with E-state index in [4.69, 9.17) is 4.74 Å². The van der Waals surface area contributed by atoms with Crippen molar-refractivity contribution in [3.63, 3.8) is 0 Å². The van der Waals surface area contributed by atoms with Gasteiger partial charge in [0.1, 0.15) is 5.82 Å². The summed E-state index contributed by atoms with van der Waals surface area (Å²) in [5, 5.41) is 6.11. The normalized spacial score (nSPS) is 18.6. The molecule has 0 saturated carbocycles. The quantitative estimate of drug-likeness (QED) is 0.836. The summed E-state index contributed by atoms with van der Waals surface area (Å²) in [4.78, 5) is 16.3. The molecule has 1 aliphatic heterocycles. The van der Waals surface area contributed by atoms with Crippen LogP contribution < -0.4 is 10.6 Å². The van der Waals surface area contributed by atoms with Gasteiger partial charge in [-0.2, -0.15) is 0 Å². The Kier molecular flexibility index (Phi) is 5.80. The van der Waals surface area contributed by atoms with E-state index in [1.54, 1.807) is 18.3 Å². The van der Waals surface area contributed by atoms with Gasteiger partial charge < -0.3 is 15.4 Å². The van der Waals surface area contributed by atoms with E-state index in [0.29, 0.717) is 12.1 Å². The van der Waals surface area contributed by atoms with E-state index in [-0.39, 0.29) is 12.0 Å². The Morgan fingerprint density at radius 3 is 3.15 bits per heavy atom. The molecule has 2 N–H and O–H groups in total. The number of ether oxygens (including phenoxy) is 1. The minimum atomic E-state index is -0.0684. The molecule has 2 heterocycles. The lowest BCUT2D eigenvalue weighted by atomic mass is 10.1. The first-order valence-corrected chi connectivity index (χ1v) is 7.39. The first-order valence-electron chi connectivity index (χ1n) is 7.39. The van der Waals surface area contributed by atoms with E-state index in [1.165, 1.54) is 6.42 Å². The number of hydrogen-bond donors (Lipinski definition) is 2. The molecule has 5 heteroatoms. The number of amides is 1. The highest BCUT2D eigenvalue weighted by Crippen LogP contribution is 2.12. The van der Waals surface area contributed by atoms with Crippen molar-refractivity contribution in [2.75, 3.05) is 25.0 Å². The highest BCUT2D eigenvalue weighted by atomic mass is 16.5. The summed E-state index contributed by atoms with van der Waals surface area (Å²) >= 11 is 0. The molecule has 0 spiro atoms. The number of carbonyl (C=O) groups excluding carboxylic acids is 1. The monoisotopic (exact) mass is 277 g/mol. The molecule has 0 radical (unpaired) electrons. The number of nitrogens with one attached hydrogen (secondary N) is 2. The molecule has 2 rings (SSSR count). The van der Waals surface area contributed by atoms with Gasteiger partial charge in [-0.15, -0.1) is 0 Å². The Labute approximate surface area is 120 Å². The molecule has 1 unspecified atom stereocenters. The zero-order valence-electron chi connectivity index (χ0n) is 12.0. The molecular formula is C15H23N3O2. The fraction of sp³-hybridized carbons (Fsp3) is 0.600. The Morgan fingerprint density at radius 2 is 2.40 bits per heavy atom. The number of nitrogens with zero attached hydrogens (tertiary/aromatic N) is 1. The first kappa shape index (κ1) is 14.8. The van der Waals surface area contributed by atoms with E-state index >= 15 is 0 Å². The van der Waals surface area contributed by atoms with Crippen molar-refractivity contribution in [3.8, 4) is 0 Å². The molecule has 0 aliphatic carbocycles. The molecule has 1 amide bonds. The van der Waals surface area contributed by atoms with E-state index in [2.05, 4.69) is 22.5 Å². The molecule has 1 aromatic heterocycles. The van der Waals surface area contributed by atoms with Crippen molar-refractivity contribution in [2.24, 2.45) is 0 Å². The van der Waals surface area contributed by atoms with Gasteiger partial charge in [0, 0.05) is 31.5 Å². The molecule has 110 valence electrons. The van der Waals surface area contributed by atoms with Crippen LogP contribution in [0.4, 0.5) is 5.82 Å². The van der Waals surface area contributed by atoms with Gasteiger partial charge in [0.05, 0.1) is 6.10 Å². The molecule has 1 aliphatic rings. The van der Waals surface area contributed by atoms with E-state index < -0.39 is 0 Å². The first-order chi connectivity index (χ1) is 9.79. The molecule has 0 aromatic carbocycles. The van der Waals surface area contributed by atoms with Crippen LogP contribution in [0.1, 0.15) is 43.0 Å². The predicted molar refractivity (Wildman–Crippen MR) is 78.9 cm³/mol. The molecule has 20 heavy (non-hydrogen) atoms. The summed E-state index contributed by atoms with van der Waals surface area (Å²) in [5.74, 6) is 0.675. The van der Waals surface area contributed by atoms with Crippen molar-refractivity contribution in [1.29, 1.82) is 0 Å². The average Bonchev–Trinajstić information content (AvgIpc) is 2.52. The van der Waals surface area contributed by atoms with Crippen LogP contribution in [-0.2, 0) is 4.74 Å². The summed E-state index contributed by atoms with van der Waals surface area (Å²) in [6.45, 7) is 4.33. The van der Waals surface area contributed by atoms with Gasteiger partial charge in [-0.3, -0.25) is 4.79 Å². The van der Waals surface area contributed by atoms with Gasteiger partial charge in [0.2, 0.25) is 0 Å². The van der Waals surface area contributed by atoms with Crippen LogP contribution in [0.15, 0.2) is 18.3 Å². The Bertz CT molecular complexity index is 431. The predicted octanol–water partition coefficient (Wildman–Crippen LogP) is 2.20. The van der Waals surface area contributed by atoms with Gasteiger partial charge >= 0.3 is 0 Å². The molecular weight excluding hydrogens is 254 g/mol. The second-order valence-electron chi connectivity index (χ2n) is 5.06. The highest BCUT2D eigenvalue weighted by Gasteiger charge is 2.15. The molecule has 0 bridgehead atoms. The third-order valence-corrected chi connectivity index (χ3v) is 3.34. The molecule has 1 atom stereocenters. The van der Waals surface area contributed by atoms with Crippen molar-refractivity contribution in [1.82, 2.24) is 10.3 Å². The zero-order chi connectivity index (χ0) is 14.2. The fourth-order valence-electron chi connectivity index (χ4n) is 2.20. The average molecular weight is 277 g/mol. The maximum absolute atomic E-state index is 12.1. The molecule has 1 aromatic rings. The van der Waals surface area contributed by atoms with Gasteiger partial charge in [-0.25, -0.2) is 4.98 Å². The summed E-state index contributed by atoms with van der Waals surface area (Å²) in [6.07, 6.45) is 6.18. The molecule has 5 nitrogen and oxygen atoms in total. The van der Waals surface area contributed by atoms with E-state index in [9.17, 15) is 4.79 Å². The number of pyridine rings is 1. The largest absolute Gasteiger partial charge is 0.376 e. The third-order valence-electron chi connectivity index (χ3n) is 3.34. The maximum atomic E-state index is 12.1. The van der Waals surface area contributed by atoms with Crippen molar-refractivity contribution >= 4 is 11.7 Å². The molecule has 1 saturated heterocycles. The summed E-state index contributed by atoms with van der Waals surface area (Å²) < 4.78 is 5.60. The Morgan fingerprint density at radius 1 is 1.50 bits per heavy atom. The lowest BCUT2D eigenvalue weighted by molar-refractivity contribution is 0.0169. The van der Waals surface area contributed by atoms with Crippen molar-refractivity contribution in [3.05, 3.63) is 23.9 Å². The Balaban J connectivity index is 1.84. The van der Waals surface area contributed by atoms with Crippen LogP contribution in [0, 0.1) is 0 Å². The van der Waals surface area contributed by atoms with Gasteiger partial charge in [-0.1, -0.05) is 6.92 Å². The lowest BCUT2D eigenvalue weighted by Crippen LogP contribution is -2.35. The number of rotatable bonds is 6. The van der Waals surface area contributed by atoms with Gasteiger partial charge in [0.15, 0.2) is 0 Å². The third kappa shape index (κ3) is 4.49. The second-order valence-corrected chi connectivity index (χ2v) is 5.06. The van der Waals surface area contributed by atoms with Gasteiger partial charge in [-0.05, 0) is 37.8 Å². The standard InChI is InChI=1S/C15H23N3O2/c1-2-7-16-14-10-12(6-8-17-14)15(19)18-11-13-5-3-4-9-20-13/h6,8,10,13H,2-5,7,9,11H2,1H3,(H,16,17)(H,18,19). The van der Waals surface area contributed by atoms with Crippen LogP contribution in [0.25, 0.3) is 0 Å². The van der Waals surface area contributed by atoms with E-state index in [1.807, 2.05) is 0 Å². The van der Waals surface area contributed by atoms with Crippen LogP contribution >= 0.6 is 0 Å².